The molecule has 0 bridgehead atoms. The van der Waals surface area contributed by atoms with Crippen molar-refractivity contribution in [3.05, 3.63) is 60.2 Å². The minimum atomic E-state index is -0.487. The molecule has 0 aromatic heterocycles. The molecule has 6 heteroatoms. The van der Waals surface area contributed by atoms with Crippen molar-refractivity contribution in [2.75, 3.05) is 19.8 Å². The maximum Gasteiger partial charge on any atom is 0.333 e. The van der Waals surface area contributed by atoms with Crippen molar-refractivity contribution in [3.8, 4) is 0 Å². The van der Waals surface area contributed by atoms with Crippen LogP contribution >= 0.6 is 0 Å². The second-order valence-corrected chi connectivity index (χ2v) is 6.75. The van der Waals surface area contributed by atoms with Crippen LogP contribution in [0.2, 0.25) is 6.04 Å². The second kappa shape index (κ2) is 10.6. The quantitative estimate of drug-likeness (QED) is 0.297. The Morgan fingerprint density at radius 3 is 2.63 bits per heavy atom. The maximum atomic E-state index is 12.8. The molecule has 0 saturated heterocycles. The number of carbonyl (C=O) groups excluding carboxylic acids is 2. The Morgan fingerprint density at radius 2 is 1.89 bits per heavy atom. The van der Waals surface area contributed by atoms with Gasteiger partial charge in [0.1, 0.15) is 6.61 Å². The van der Waals surface area contributed by atoms with Gasteiger partial charge in [-0.2, -0.15) is 0 Å². The van der Waals surface area contributed by atoms with Crippen molar-refractivity contribution in [2.24, 2.45) is 0 Å². The highest BCUT2D eigenvalue weighted by Gasteiger charge is 2.18. The van der Waals surface area contributed by atoms with Gasteiger partial charge in [0.05, 0.1) is 12.6 Å². The van der Waals surface area contributed by atoms with E-state index in [9.17, 15) is 9.59 Å². The van der Waals surface area contributed by atoms with E-state index in [1.807, 2.05) is 36.4 Å². The number of hydrogen-bond donors (Lipinski definition) is 1. The van der Waals surface area contributed by atoms with Gasteiger partial charge in [0.25, 0.3) is 5.91 Å². The molecule has 0 aliphatic rings. The molecule has 27 heavy (non-hydrogen) atoms. The lowest BCUT2D eigenvalue weighted by Crippen LogP contribution is -2.42. The molecule has 1 unspecified atom stereocenters. The Hall–Kier alpha value is -2.44. The summed E-state index contributed by atoms with van der Waals surface area (Å²) in [6.45, 7) is 5.98. The fourth-order valence-corrected chi connectivity index (χ4v) is 2.66. The molecule has 141 valence electrons. The van der Waals surface area contributed by atoms with E-state index in [1.54, 1.807) is 13.0 Å². The van der Waals surface area contributed by atoms with Crippen LogP contribution in [0.1, 0.15) is 23.7 Å². The molecular formula is C21H24NO4Si. The van der Waals surface area contributed by atoms with Crippen molar-refractivity contribution in [3.63, 3.8) is 0 Å². The van der Waals surface area contributed by atoms with Crippen LogP contribution in [0.4, 0.5) is 0 Å². The lowest BCUT2D eigenvalue weighted by Gasteiger charge is -2.19. The predicted octanol–water partition coefficient (Wildman–Crippen LogP) is 3.05. The van der Waals surface area contributed by atoms with Crippen molar-refractivity contribution >= 4 is 32.9 Å². The lowest BCUT2D eigenvalue weighted by molar-refractivity contribution is -0.140. The van der Waals surface area contributed by atoms with Gasteiger partial charge in [-0.25, -0.2) is 4.79 Å². The molecule has 1 N–H and O–H groups in total. The Bertz CT molecular complexity index is 800. The highest BCUT2D eigenvalue weighted by molar-refractivity contribution is 6.08. The summed E-state index contributed by atoms with van der Waals surface area (Å²) in [7, 11) is 3.39. The van der Waals surface area contributed by atoms with Gasteiger partial charge in [0, 0.05) is 28.0 Å². The number of fused-ring (bicyclic) bond motifs is 1. The van der Waals surface area contributed by atoms with Crippen LogP contribution in [0, 0.1) is 0 Å². The molecule has 0 spiro atoms. The zero-order valence-corrected chi connectivity index (χ0v) is 16.5. The minimum Gasteiger partial charge on any atom is -0.460 e. The third-order valence-electron chi connectivity index (χ3n) is 3.92. The fourth-order valence-electron chi connectivity index (χ4n) is 2.52. The summed E-state index contributed by atoms with van der Waals surface area (Å²) in [6.07, 6.45) is 0.854. The molecule has 5 nitrogen and oxygen atoms in total. The van der Waals surface area contributed by atoms with Crippen LogP contribution < -0.4 is 5.32 Å². The van der Waals surface area contributed by atoms with Crippen molar-refractivity contribution in [1.82, 2.24) is 5.32 Å². The van der Waals surface area contributed by atoms with Gasteiger partial charge in [0.15, 0.2) is 0 Å². The minimum absolute atomic E-state index is 0.0239. The standard InChI is InChI=1S/C21H24NO4Si/c1-15(2)21(24)26-14-17(13-25-11-6-12-27)22-20(23)19-10-5-8-16-7-3-4-9-18(16)19/h3-5,7-10,17H,1,6,11-14H2,2H3,(H,22,23). The normalized spacial score (nSPS) is 11.8. The number of benzene rings is 2. The number of esters is 1. The van der Waals surface area contributed by atoms with E-state index in [4.69, 9.17) is 9.47 Å². The van der Waals surface area contributed by atoms with Gasteiger partial charge < -0.3 is 14.8 Å². The molecule has 1 amide bonds. The van der Waals surface area contributed by atoms with Crippen LogP contribution in [-0.2, 0) is 14.3 Å². The highest BCUT2D eigenvalue weighted by atomic mass is 28.1. The molecular weight excluding hydrogens is 358 g/mol. The topological polar surface area (TPSA) is 64.6 Å². The predicted molar refractivity (Wildman–Crippen MR) is 107 cm³/mol. The van der Waals surface area contributed by atoms with E-state index >= 15 is 0 Å². The van der Waals surface area contributed by atoms with E-state index in [-0.39, 0.29) is 19.1 Å². The molecule has 0 aliphatic heterocycles. The average molecular weight is 383 g/mol. The molecule has 0 fully saturated rings. The zero-order valence-electron chi connectivity index (χ0n) is 15.5. The molecule has 2 aromatic carbocycles. The Balaban J connectivity index is 2.08. The SMILES string of the molecule is C=C(C)C(=O)OCC(COCCC[Si])NC(=O)c1cccc2ccccc12. The summed E-state index contributed by atoms with van der Waals surface area (Å²) >= 11 is 0. The lowest BCUT2D eigenvalue weighted by atomic mass is 10.0. The van der Waals surface area contributed by atoms with Gasteiger partial charge in [0.2, 0.25) is 0 Å². The fraction of sp³-hybridized carbons (Fsp3) is 0.333. The van der Waals surface area contributed by atoms with E-state index in [0.29, 0.717) is 17.7 Å². The maximum absolute atomic E-state index is 12.8. The largest absolute Gasteiger partial charge is 0.460 e. The Kier molecular flexibility index (Phi) is 8.23. The number of nitrogens with one attached hydrogen (secondary N) is 1. The third kappa shape index (κ3) is 6.34. The van der Waals surface area contributed by atoms with Gasteiger partial charge in [-0.15, -0.1) is 0 Å². The molecule has 0 heterocycles. The molecule has 2 rings (SSSR count). The third-order valence-corrected chi connectivity index (χ3v) is 4.27. The summed E-state index contributed by atoms with van der Waals surface area (Å²) < 4.78 is 10.8. The Morgan fingerprint density at radius 1 is 1.15 bits per heavy atom. The van der Waals surface area contributed by atoms with Crippen LogP contribution in [0.15, 0.2) is 54.6 Å². The number of rotatable bonds is 10. The van der Waals surface area contributed by atoms with E-state index in [0.717, 1.165) is 23.2 Å². The summed E-state index contributed by atoms with van der Waals surface area (Å²) in [6, 6.07) is 13.7. The van der Waals surface area contributed by atoms with Gasteiger partial charge in [-0.1, -0.05) is 49.0 Å². The van der Waals surface area contributed by atoms with Gasteiger partial charge >= 0.3 is 5.97 Å². The monoisotopic (exact) mass is 382 g/mol. The first-order valence-corrected chi connectivity index (χ1v) is 9.57. The molecule has 0 saturated carbocycles. The number of carbonyl (C=O) groups is 2. The average Bonchev–Trinajstić information content (AvgIpc) is 2.68. The van der Waals surface area contributed by atoms with Crippen molar-refractivity contribution in [1.29, 1.82) is 0 Å². The number of hydrogen-bond acceptors (Lipinski definition) is 4. The summed E-state index contributed by atoms with van der Waals surface area (Å²) in [5.74, 6) is -0.716. The van der Waals surface area contributed by atoms with Crippen molar-refractivity contribution < 1.29 is 19.1 Å². The molecule has 3 radical (unpaired) electrons. The first-order valence-electron chi connectivity index (χ1n) is 8.86. The second-order valence-electron chi connectivity index (χ2n) is 6.25. The van der Waals surface area contributed by atoms with Gasteiger partial charge in [-0.05, 0) is 30.2 Å². The summed E-state index contributed by atoms with van der Waals surface area (Å²) in [5, 5.41) is 4.77. The zero-order chi connectivity index (χ0) is 19.6. The molecule has 1 atom stereocenters. The molecule has 2 aromatic rings. The smallest absolute Gasteiger partial charge is 0.333 e. The first kappa shape index (κ1) is 20.9. The Labute approximate surface area is 163 Å². The van der Waals surface area contributed by atoms with E-state index in [1.165, 1.54) is 0 Å². The van der Waals surface area contributed by atoms with Gasteiger partial charge in [-0.3, -0.25) is 4.79 Å². The number of ether oxygens (including phenoxy) is 2. The number of amides is 1. The first-order chi connectivity index (χ1) is 13.0. The van der Waals surface area contributed by atoms with Crippen molar-refractivity contribution in [2.45, 2.75) is 25.4 Å². The highest BCUT2D eigenvalue weighted by Crippen LogP contribution is 2.18. The van der Waals surface area contributed by atoms with E-state index in [2.05, 4.69) is 22.1 Å². The van der Waals surface area contributed by atoms with Crippen LogP contribution in [0.5, 0.6) is 0 Å². The van der Waals surface area contributed by atoms with Crippen LogP contribution in [-0.4, -0.2) is 48.0 Å². The van der Waals surface area contributed by atoms with Crippen LogP contribution in [0.3, 0.4) is 0 Å². The molecule has 0 aliphatic carbocycles. The van der Waals surface area contributed by atoms with E-state index < -0.39 is 12.0 Å². The summed E-state index contributed by atoms with van der Waals surface area (Å²) in [4.78, 5) is 24.5. The van der Waals surface area contributed by atoms with Crippen LogP contribution in [0.25, 0.3) is 10.8 Å². The summed E-state index contributed by atoms with van der Waals surface area (Å²) in [5.41, 5.74) is 0.888.